The average Bonchev–Trinajstić information content (AvgIpc) is 2.79. The number of pyridine rings is 1. The molecule has 3 aromatic rings. The molecule has 10 heteroatoms. The molecule has 3 heterocycles. The molecule has 160 valence electrons. The predicted molar refractivity (Wildman–Crippen MR) is 117 cm³/mol. The number of carbonyl (C=O) groups is 1. The summed E-state index contributed by atoms with van der Waals surface area (Å²) in [6, 6.07) is 4.68. The molecule has 4 rings (SSSR count). The molecule has 1 aliphatic heterocycles. The van der Waals surface area contributed by atoms with Crippen molar-refractivity contribution in [1.29, 1.82) is 0 Å². The third kappa shape index (κ3) is 4.55. The second-order valence-electron chi connectivity index (χ2n) is 6.96. The van der Waals surface area contributed by atoms with E-state index in [1.54, 1.807) is 17.2 Å². The van der Waals surface area contributed by atoms with E-state index in [0.29, 0.717) is 48.5 Å². The molecule has 1 aliphatic rings. The van der Waals surface area contributed by atoms with Crippen molar-refractivity contribution in [1.82, 2.24) is 19.9 Å². The minimum atomic E-state index is -0.674. The van der Waals surface area contributed by atoms with E-state index in [1.165, 1.54) is 24.5 Å². The van der Waals surface area contributed by atoms with Gasteiger partial charge in [0.1, 0.15) is 18.2 Å². The smallest absolute Gasteiger partial charge is 0.245 e. The van der Waals surface area contributed by atoms with Crippen LogP contribution in [0.25, 0.3) is 10.9 Å². The second-order valence-corrected chi connectivity index (χ2v) is 7.74. The van der Waals surface area contributed by atoms with E-state index >= 15 is 0 Å². The van der Waals surface area contributed by atoms with Crippen LogP contribution in [0.15, 0.2) is 43.4 Å². The van der Waals surface area contributed by atoms with Gasteiger partial charge in [-0.05, 0) is 18.2 Å². The minimum absolute atomic E-state index is 0.0765. The first-order valence-corrected chi connectivity index (χ1v) is 10.3. The zero-order valence-corrected chi connectivity index (χ0v) is 17.8. The Balaban J connectivity index is 1.55. The van der Waals surface area contributed by atoms with Crippen LogP contribution in [-0.4, -0.2) is 45.0 Å². The lowest BCUT2D eigenvalue weighted by Gasteiger charge is -2.31. The fourth-order valence-corrected chi connectivity index (χ4v) is 3.66. The van der Waals surface area contributed by atoms with Crippen LogP contribution in [0.1, 0.15) is 12.8 Å². The minimum Gasteiger partial charge on any atom is -0.474 e. The molecule has 1 aromatic carbocycles. The lowest BCUT2D eigenvalue weighted by atomic mass is 10.1. The normalized spacial score (nSPS) is 14.5. The van der Waals surface area contributed by atoms with E-state index < -0.39 is 5.82 Å². The first-order valence-electron chi connectivity index (χ1n) is 9.55. The van der Waals surface area contributed by atoms with Crippen molar-refractivity contribution in [2.75, 3.05) is 18.4 Å². The molecule has 1 N–H and O–H groups in total. The number of benzene rings is 1. The number of hydrogen-bond donors (Lipinski definition) is 1. The summed E-state index contributed by atoms with van der Waals surface area (Å²) < 4.78 is 20.5. The van der Waals surface area contributed by atoms with Gasteiger partial charge in [0.15, 0.2) is 5.82 Å². The number of carbonyl (C=O) groups excluding carboxylic acids is 1. The van der Waals surface area contributed by atoms with E-state index in [4.69, 9.17) is 27.9 Å². The number of nitrogens with one attached hydrogen (secondary N) is 1. The number of nitrogens with zero attached hydrogens (tertiary/aromatic N) is 4. The zero-order chi connectivity index (χ0) is 22.0. The average molecular weight is 462 g/mol. The number of likely N-dealkylation sites (tertiary alicyclic amines) is 1. The lowest BCUT2D eigenvalue weighted by Crippen LogP contribution is -2.41. The van der Waals surface area contributed by atoms with Gasteiger partial charge in [-0.3, -0.25) is 4.79 Å². The number of rotatable bonds is 5. The molecular formula is C21H18Cl2FN5O2. The zero-order valence-electron chi connectivity index (χ0n) is 16.3. The third-order valence-corrected chi connectivity index (χ3v) is 5.78. The molecule has 0 bridgehead atoms. The summed E-state index contributed by atoms with van der Waals surface area (Å²) in [5.74, 6) is 0.0198. The Hall–Kier alpha value is -2.97. The first kappa shape index (κ1) is 21.3. The van der Waals surface area contributed by atoms with Crippen LogP contribution >= 0.6 is 23.2 Å². The van der Waals surface area contributed by atoms with Gasteiger partial charge in [-0.2, -0.15) is 0 Å². The maximum Gasteiger partial charge on any atom is 0.245 e. The van der Waals surface area contributed by atoms with Crippen LogP contribution < -0.4 is 10.1 Å². The van der Waals surface area contributed by atoms with E-state index in [0.717, 1.165) is 0 Å². The number of piperidine rings is 1. The summed E-state index contributed by atoms with van der Waals surface area (Å²) in [6.45, 7) is 4.70. The lowest BCUT2D eigenvalue weighted by molar-refractivity contribution is -0.127. The number of anilines is 2. The quantitative estimate of drug-likeness (QED) is 0.435. The number of ether oxygens (including phenoxy) is 1. The molecule has 1 saturated heterocycles. The van der Waals surface area contributed by atoms with Gasteiger partial charge in [0, 0.05) is 37.4 Å². The van der Waals surface area contributed by atoms with Crippen LogP contribution in [0, 0.1) is 5.82 Å². The Kier molecular flexibility index (Phi) is 6.20. The monoisotopic (exact) mass is 461 g/mol. The third-order valence-electron chi connectivity index (χ3n) is 5.00. The van der Waals surface area contributed by atoms with Crippen molar-refractivity contribution in [2.24, 2.45) is 0 Å². The van der Waals surface area contributed by atoms with E-state index in [-0.39, 0.29) is 27.7 Å². The molecule has 0 radical (unpaired) electrons. The van der Waals surface area contributed by atoms with Gasteiger partial charge in [-0.15, -0.1) is 0 Å². The van der Waals surface area contributed by atoms with Crippen LogP contribution in [-0.2, 0) is 4.79 Å². The van der Waals surface area contributed by atoms with Gasteiger partial charge in [-0.25, -0.2) is 19.3 Å². The number of aromatic nitrogens is 3. The molecule has 0 saturated carbocycles. The van der Waals surface area contributed by atoms with E-state index in [9.17, 15) is 9.18 Å². The molecule has 0 unspecified atom stereocenters. The van der Waals surface area contributed by atoms with Crippen LogP contribution in [0.2, 0.25) is 10.0 Å². The topological polar surface area (TPSA) is 80.2 Å². The maximum atomic E-state index is 14.5. The summed E-state index contributed by atoms with van der Waals surface area (Å²) in [7, 11) is 0. The van der Waals surface area contributed by atoms with Gasteiger partial charge in [0.2, 0.25) is 11.8 Å². The maximum absolute atomic E-state index is 14.5. The molecule has 0 atom stereocenters. The van der Waals surface area contributed by atoms with Gasteiger partial charge >= 0.3 is 0 Å². The van der Waals surface area contributed by atoms with Crippen molar-refractivity contribution < 1.29 is 13.9 Å². The largest absolute Gasteiger partial charge is 0.474 e. The Morgan fingerprint density at radius 3 is 2.77 bits per heavy atom. The molecular weight excluding hydrogens is 444 g/mol. The fourth-order valence-electron chi connectivity index (χ4n) is 3.35. The fraction of sp³-hybridized carbons (Fsp3) is 0.238. The standard InChI is InChI=1S/C21H18Cl2FN5O2/c1-2-18(30)29-7-5-12(6-8-29)31-17-9-13-16(10-25-17)26-11-27-21(13)28-15-4-3-14(22)19(23)20(15)24/h2-4,9-12H,1,5-8H2,(H,26,27,28). The summed E-state index contributed by atoms with van der Waals surface area (Å²) >= 11 is 11.8. The van der Waals surface area contributed by atoms with Gasteiger partial charge < -0.3 is 15.0 Å². The van der Waals surface area contributed by atoms with Gasteiger partial charge in [0.25, 0.3) is 0 Å². The van der Waals surface area contributed by atoms with Crippen molar-refractivity contribution in [3.05, 3.63) is 59.2 Å². The SMILES string of the molecule is C=CC(=O)N1CCC(Oc2cc3c(Nc4ccc(Cl)c(Cl)c4F)ncnc3cn2)CC1. The summed E-state index contributed by atoms with van der Waals surface area (Å²) in [5, 5.41) is 3.49. The highest BCUT2D eigenvalue weighted by atomic mass is 35.5. The highest BCUT2D eigenvalue weighted by molar-refractivity contribution is 6.42. The Morgan fingerprint density at radius 1 is 1.26 bits per heavy atom. The number of amides is 1. The Labute approximate surface area is 187 Å². The molecule has 7 nitrogen and oxygen atoms in total. The summed E-state index contributed by atoms with van der Waals surface area (Å²) in [6.07, 6.45) is 5.53. The van der Waals surface area contributed by atoms with Crippen molar-refractivity contribution in [2.45, 2.75) is 18.9 Å². The predicted octanol–water partition coefficient (Wildman–Crippen LogP) is 4.77. The highest BCUT2D eigenvalue weighted by Gasteiger charge is 2.23. The molecule has 1 fully saturated rings. The van der Waals surface area contributed by atoms with Crippen molar-refractivity contribution in [3.8, 4) is 5.88 Å². The van der Waals surface area contributed by atoms with E-state index in [2.05, 4.69) is 26.8 Å². The Morgan fingerprint density at radius 2 is 2.03 bits per heavy atom. The number of hydrogen-bond acceptors (Lipinski definition) is 6. The Bertz CT molecular complexity index is 1150. The van der Waals surface area contributed by atoms with Crippen LogP contribution in [0.3, 0.4) is 0 Å². The van der Waals surface area contributed by atoms with Crippen molar-refractivity contribution in [3.63, 3.8) is 0 Å². The summed E-state index contributed by atoms with van der Waals surface area (Å²) in [5.41, 5.74) is 0.699. The molecule has 0 spiro atoms. The second kappa shape index (κ2) is 9.03. The summed E-state index contributed by atoms with van der Waals surface area (Å²) in [4.78, 5) is 26.2. The van der Waals surface area contributed by atoms with Gasteiger partial charge in [0.05, 0.1) is 27.4 Å². The van der Waals surface area contributed by atoms with Crippen molar-refractivity contribution >= 4 is 51.5 Å². The highest BCUT2D eigenvalue weighted by Crippen LogP contribution is 2.33. The van der Waals surface area contributed by atoms with Crippen LogP contribution in [0.5, 0.6) is 5.88 Å². The van der Waals surface area contributed by atoms with E-state index in [1.807, 2.05) is 0 Å². The number of halogens is 3. The molecule has 1 amide bonds. The molecule has 31 heavy (non-hydrogen) atoms. The van der Waals surface area contributed by atoms with Crippen LogP contribution in [0.4, 0.5) is 15.9 Å². The molecule has 2 aromatic heterocycles. The number of fused-ring (bicyclic) bond motifs is 1. The van der Waals surface area contributed by atoms with Gasteiger partial charge in [-0.1, -0.05) is 29.8 Å². The molecule has 0 aliphatic carbocycles. The first-order chi connectivity index (χ1) is 15.0.